The molecular formula is C16H26N2O4Si. The minimum absolute atomic E-state index is 0.0162. The molecule has 0 aliphatic heterocycles. The molecule has 1 aromatic heterocycles. The number of hydrogen-bond acceptors (Lipinski definition) is 5. The van der Waals surface area contributed by atoms with Crippen LogP contribution in [0.1, 0.15) is 40.0 Å². The third-order valence-corrected chi connectivity index (χ3v) is 9.36. The molecule has 2 atom stereocenters. The first-order chi connectivity index (χ1) is 10.6. The summed E-state index contributed by atoms with van der Waals surface area (Å²) in [7, 11) is -1.90. The lowest BCUT2D eigenvalue weighted by Gasteiger charge is -2.39. The van der Waals surface area contributed by atoms with Crippen LogP contribution in [0, 0.1) is 10.1 Å². The highest BCUT2D eigenvalue weighted by Gasteiger charge is 2.43. The maximum absolute atomic E-state index is 11.1. The molecule has 1 aliphatic carbocycles. The summed E-state index contributed by atoms with van der Waals surface area (Å²) in [6, 6.07) is 2.96. The second-order valence-corrected chi connectivity index (χ2v) is 12.3. The highest BCUT2D eigenvalue weighted by molar-refractivity contribution is 6.74. The first-order valence-electron chi connectivity index (χ1n) is 8.06. The molecule has 0 radical (unpaired) electrons. The van der Waals surface area contributed by atoms with Crippen LogP contribution in [0.4, 0.5) is 5.69 Å². The topological polar surface area (TPSA) is 74.5 Å². The fourth-order valence-electron chi connectivity index (χ4n) is 2.47. The number of nitrogens with zero attached hydrogens (tertiary/aromatic N) is 2. The molecule has 0 unspecified atom stereocenters. The van der Waals surface area contributed by atoms with Gasteiger partial charge in [-0.1, -0.05) is 20.8 Å². The van der Waals surface area contributed by atoms with Crippen molar-refractivity contribution in [1.82, 2.24) is 4.98 Å². The zero-order valence-electron chi connectivity index (χ0n) is 14.5. The molecule has 7 heteroatoms. The van der Waals surface area contributed by atoms with Crippen LogP contribution in [0.25, 0.3) is 0 Å². The summed E-state index contributed by atoms with van der Waals surface area (Å²) >= 11 is 0. The molecule has 0 aromatic carbocycles. The normalized spacial score (nSPS) is 22.1. The van der Waals surface area contributed by atoms with E-state index in [1.807, 2.05) is 0 Å². The predicted molar refractivity (Wildman–Crippen MR) is 91.2 cm³/mol. The Bertz CT molecular complexity index is 571. The van der Waals surface area contributed by atoms with Gasteiger partial charge in [-0.2, -0.15) is 0 Å². The molecule has 6 nitrogen and oxygen atoms in total. The van der Waals surface area contributed by atoms with Gasteiger partial charge in [0.15, 0.2) is 8.32 Å². The van der Waals surface area contributed by atoms with E-state index in [-0.39, 0.29) is 28.8 Å². The number of ether oxygens (including phenoxy) is 1. The van der Waals surface area contributed by atoms with Crippen LogP contribution in [0.5, 0.6) is 5.88 Å². The maximum atomic E-state index is 11.1. The van der Waals surface area contributed by atoms with Crippen molar-refractivity contribution >= 4 is 14.0 Å². The number of hydrogen-bond donors (Lipinski definition) is 0. The van der Waals surface area contributed by atoms with E-state index >= 15 is 0 Å². The summed E-state index contributed by atoms with van der Waals surface area (Å²) in [4.78, 5) is 14.7. The van der Waals surface area contributed by atoms with Crippen LogP contribution in [0.2, 0.25) is 18.1 Å². The van der Waals surface area contributed by atoms with E-state index in [0.717, 1.165) is 19.3 Å². The van der Waals surface area contributed by atoms with Crippen LogP contribution in [-0.4, -0.2) is 30.4 Å². The van der Waals surface area contributed by atoms with Gasteiger partial charge in [0.1, 0.15) is 6.10 Å². The number of pyridine rings is 1. The van der Waals surface area contributed by atoms with Crippen molar-refractivity contribution in [3.63, 3.8) is 0 Å². The first kappa shape index (κ1) is 17.9. The minimum Gasteiger partial charge on any atom is -0.467 e. The Morgan fingerprint density at radius 3 is 2.57 bits per heavy atom. The standard InChI is InChI=1S/C16H26N2O4Si/c1-16(2,3)23(4,5)22-14-10-6-9-13(14)21-15-12(18(19)20)8-7-11-17-15/h7-8,11,13-14H,6,9-10H2,1-5H3/t13-,14-/m1/s1. The minimum atomic E-state index is -1.90. The lowest BCUT2D eigenvalue weighted by Crippen LogP contribution is -2.46. The van der Waals surface area contributed by atoms with Gasteiger partial charge in [0.25, 0.3) is 5.88 Å². The Hall–Kier alpha value is -1.47. The van der Waals surface area contributed by atoms with Gasteiger partial charge in [-0.3, -0.25) is 10.1 Å². The Balaban J connectivity index is 2.13. The Kier molecular flexibility index (Phi) is 5.10. The van der Waals surface area contributed by atoms with Crippen molar-refractivity contribution in [2.45, 2.75) is 70.4 Å². The molecule has 1 aromatic rings. The predicted octanol–water partition coefficient (Wildman–Crippen LogP) is 4.31. The van der Waals surface area contributed by atoms with Gasteiger partial charge < -0.3 is 9.16 Å². The van der Waals surface area contributed by atoms with Gasteiger partial charge in [0, 0.05) is 12.3 Å². The van der Waals surface area contributed by atoms with Crippen LogP contribution >= 0.6 is 0 Å². The lowest BCUT2D eigenvalue weighted by atomic mass is 10.2. The zero-order valence-corrected chi connectivity index (χ0v) is 15.5. The first-order valence-corrected chi connectivity index (χ1v) is 11.0. The van der Waals surface area contributed by atoms with E-state index in [0.29, 0.717) is 0 Å². The molecule has 0 N–H and O–H groups in total. The molecule has 1 saturated carbocycles. The van der Waals surface area contributed by atoms with E-state index in [2.05, 4.69) is 38.8 Å². The molecule has 1 fully saturated rings. The molecule has 0 saturated heterocycles. The van der Waals surface area contributed by atoms with Gasteiger partial charge in [-0.15, -0.1) is 0 Å². The monoisotopic (exact) mass is 338 g/mol. The molecule has 128 valence electrons. The Morgan fingerprint density at radius 2 is 1.96 bits per heavy atom. The largest absolute Gasteiger partial charge is 0.467 e. The summed E-state index contributed by atoms with van der Waals surface area (Å²) in [6.07, 6.45) is 4.10. The average Bonchev–Trinajstić information content (AvgIpc) is 2.84. The number of aromatic nitrogens is 1. The van der Waals surface area contributed by atoms with Gasteiger partial charge in [-0.25, -0.2) is 4.98 Å². The molecule has 23 heavy (non-hydrogen) atoms. The maximum Gasteiger partial charge on any atom is 0.330 e. The van der Waals surface area contributed by atoms with E-state index < -0.39 is 13.2 Å². The van der Waals surface area contributed by atoms with Crippen LogP contribution in [0.15, 0.2) is 18.3 Å². The summed E-state index contributed by atoms with van der Waals surface area (Å²) in [5.74, 6) is 0.0910. The van der Waals surface area contributed by atoms with E-state index in [9.17, 15) is 10.1 Å². The van der Waals surface area contributed by atoms with Crippen molar-refractivity contribution in [1.29, 1.82) is 0 Å². The molecule has 0 amide bonds. The van der Waals surface area contributed by atoms with Crippen molar-refractivity contribution in [3.05, 3.63) is 28.4 Å². The molecule has 1 heterocycles. The van der Waals surface area contributed by atoms with Crippen molar-refractivity contribution in [2.75, 3.05) is 0 Å². The highest BCUT2D eigenvalue weighted by atomic mass is 28.4. The van der Waals surface area contributed by atoms with Gasteiger partial charge in [0.2, 0.25) is 0 Å². The molecule has 0 bridgehead atoms. The summed E-state index contributed by atoms with van der Waals surface area (Å²) in [5.41, 5.74) is -0.0922. The fraction of sp³-hybridized carbons (Fsp3) is 0.688. The van der Waals surface area contributed by atoms with Crippen LogP contribution < -0.4 is 4.74 Å². The van der Waals surface area contributed by atoms with E-state index in [1.165, 1.54) is 12.3 Å². The molecule has 1 aliphatic rings. The van der Waals surface area contributed by atoms with E-state index in [1.54, 1.807) is 6.07 Å². The van der Waals surface area contributed by atoms with Gasteiger partial charge >= 0.3 is 5.69 Å². The van der Waals surface area contributed by atoms with Crippen molar-refractivity contribution < 1.29 is 14.1 Å². The van der Waals surface area contributed by atoms with Gasteiger partial charge in [0.05, 0.1) is 11.0 Å². The van der Waals surface area contributed by atoms with Gasteiger partial charge in [-0.05, 0) is 43.5 Å². The second kappa shape index (κ2) is 6.57. The SMILES string of the molecule is CC(C)(C)[Si](C)(C)O[C@@H]1CCC[C@H]1Oc1ncccc1[N+](=O)[O-]. The molecule has 0 spiro atoms. The summed E-state index contributed by atoms with van der Waals surface area (Å²) in [5, 5.41) is 11.2. The van der Waals surface area contributed by atoms with Crippen LogP contribution in [0.3, 0.4) is 0 Å². The van der Waals surface area contributed by atoms with Crippen molar-refractivity contribution in [3.8, 4) is 5.88 Å². The third-order valence-electron chi connectivity index (χ3n) is 4.85. The second-order valence-electron chi connectivity index (χ2n) is 7.59. The molecule has 2 rings (SSSR count). The zero-order chi connectivity index (χ0) is 17.3. The summed E-state index contributed by atoms with van der Waals surface area (Å²) < 4.78 is 12.3. The Morgan fingerprint density at radius 1 is 1.30 bits per heavy atom. The highest BCUT2D eigenvalue weighted by Crippen LogP contribution is 2.40. The smallest absolute Gasteiger partial charge is 0.330 e. The average molecular weight is 338 g/mol. The van der Waals surface area contributed by atoms with E-state index in [4.69, 9.17) is 9.16 Å². The Labute approximate surface area is 138 Å². The number of nitro groups is 1. The quantitative estimate of drug-likeness (QED) is 0.454. The third kappa shape index (κ3) is 4.09. The molecular weight excluding hydrogens is 312 g/mol. The number of rotatable bonds is 5. The lowest BCUT2D eigenvalue weighted by molar-refractivity contribution is -0.386. The summed E-state index contributed by atoms with van der Waals surface area (Å²) in [6.45, 7) is 11.0. The van der Waals surface area contributed by atoms with Crippen molar-refractivity contribution in [2.24, 2.45) is 0 Å². The van der Waals surface area contributed by atoms with Crippen LogP contribution in [-0.2, 0) is 4.43 Å². The fourth-order valence-corrected chi connectivity index (χ4v) is 3.85.